The van der Waals surface area contributed by atoms with E-state index in [-0.39, 0.29) is 23.3 Å². The van der Waals surface area contributed by atoms with Crippen molar-refractivity contribution in [1.29, 1.82) is 0 Å². The van der Waals surface area contributed by atoms with Crippen LogP contribution in [0.25, 0.3) is 0 Å². The molecule has 1 amide bonds. The number of thiophene rings is 1. The maximum absolute atomic E-state index is 12.4. The zero-order valence-electron chi connectivity index (χ0n) is 15.0. The third-order valence-corrected chi connectivity index (χ3v) is 6.30. The minimum atomic E-state index is -0.737. The van der Waals surface area contributed by atoms with Crippen LogP contribution in [0, 0.1) is 11.3 Å². The van der Waals surface area contributed by atoms with Crippen molar-refractivity contribution in [3.63, 3.8) is 0 Å². The van der Waals surface area contributed by atoms with E-state index < -0.39 is 6.10 Å². The highest BCUT2D eigenvalue weighted by Crippen LogP contribution is 2.40. The van der Waals surface area contributed by atoms with Crippen molar-refractivity contribution >= 4 is 23.2 Å². The quantitative estimate of drug-likeness (QED) is 0.843. The van der Waals surface area contributed by atoms with E-state index >= 15 is 0 Å². The first-order valence-corrected chi connectivity index (χ1v) is 9.68. The molecule has 0 aromatic carbocycles. The van der Waals surface area contributed by atoms with Gasteiger partial charge in [-0.2, -0.15) is 0 Å². The van der Waals surface area contributed by atoms with Crippen LogP contribution in [0.2, 0.25) is 0 Å². The van der Waals surface area contributed by atoms with Crippen molar-refractivity contribution < 1.29 is 14.3 Å². The summed E-state index contributed by atoms with van der Waals surface area (Å²) in [5.74, 6) is 0.0758. The van der Waals surface area contributed by atoms with E-state index in [0.29, 0.717) is 10.8 Å². The number of ether oxygens (including phenoxy) is 1. The van der Waals surface area contributed by atoms with Crippen molar-refractivity contribution in [2.75, 3.05) is 0 Å². The van der Waals surface area contributed by atoms with Gasteiger partial charge in [0.25, 0.3) is 5.91 Å². The molecule has 0 spiro atoms. The minimum absolute atomic E-state index is 0.194. The fourth-order valence-corrected chi connectivity index (χ4v) is 4.27. The molecule has 0 bridgehead atoms. The number of aryl methyl sites for hydroxylation is 1. The molecule has 0 saturated heterocycles. The van der Waals surface area contributed by atoms with Crippen molar-refractivity contribution in [2.45, 2.75) is 71.9 Å². The molecule has 1 heterocycles. The molecule has 0 unspecified atom stereocenters. The van der Waals surface area contributed by atoms with E-state index in [1.807, 2.05) is 6.07 Å². The first-order chi connectivity index (χ1) is 11.2. The topological polar surface area (TPSA) is 55.4 Å². The average Bonchev–Trinajstić information content (AvgIpc) is 3.20. The smallest absolute Gasteiger partial charge is 0.349 e. The molecule has 0 radical (unpaired) electrons. The second kappa shape index (κ2) is 6.51. The zero-order valence-corrected chi connectivity index (χ0v) is 15.8. The van der Waals surface area contributed by atoms with Crippen LogP contribution in [0.15, 0.2) is 6.07 Å². The zero-order chi connectivity index (χ0) is 17.5. The van der Waals surface area contributed by atoms with E-state index in [1.54, 1.807) is 6.92 Å². The van der Waals surface area contributed by atoms with Crippen molar-refractivity contribution in [3.05, 3.63) is 21.4 Å². The normalized spacial score (nSPS) is 21.8. The van der Waals surface area contributed by atoms with Gasteiger partial charge < -0.3 is 10.1 Å². The third-order valence-electron chi connectivity index (χ3n) is 5.09. The molecule has 3 rings (SSSR count). The lowest BCUT2D eigenvalue weighted by Crippen LogP contribution is -2.36. The molecule has 132 valence electrons. The van der Waals surface area contributed by atoms with Crippen LogP contribution in [0.1, 0.15) is 67.1 Å². The molecule has 1 aromatic heterocycles. The SMILES string of the molecule is C[C@H](OC(=O)c1cc2c(s1)CC[C@H](C(C)(C)C)C2)C(=O)NC1CC1. The van der Waals surface area contributed by atoms with Crippen molar-refractivity contribution in [3.8, 4) is 0 Å². The van der Waals surface area contributed by atoms with Crippen LogP contribution in [0.5, 0.6) is 0 Å². The van der Waals surface area contributed by atoms with Gasteiger partial charge in [0.2, 0.25) is 0 Å². The highest BCUT2D eigenvalue weighted by molar-refractivity contribution is 7.14. The van der Waals surface area contributed by atoms with Crippen LogP contribution in [0.4, 0.5) is 0 Å². The van der Waals surface area contributed by atoms with E-state index in [0.717, 1.165) is 25.7 Å². The number of esters is 1. The number of nitrogens with one attached hydrogen (secondary N) is 1. The first kappa shape index (κ1) is 17.5. The second-order valence-corrected chi connectivity index (χ2v) is 9.33. The molecule has 5 heteroatoms. The predicted molar refractivity (Wildman–Crippen MR) is 95.3 cm³/mol. The van der Waals surface area contributed by atoms with Crippen molar-refractivity contribution in [1.82, 2.24) is 5.32 Å². The van der Waals surface area contributed by atoms with Gasteiger partial charge in [0.05, 0.1) is 0 Å². The first-order valence-electron chi connectivity index (χ1n) is 8.87. The van der Waals surface area contributed by atoms with Gasteiger partial charge in [0, 0.05) is 10.9 Å². The summed E-state index contributed by atoms with van der Waals surface area (Å²) in [7, 11) is 0. The van der Waals surface area contributed by atoms with E-state index in [4.69, 9.17) is 4.74 Å². The number of rotatable bonds is 4. The number of hydrogen-bond donors (Lipinski definition) is 1. The standard InChI is InChI=1S/C19H27NO3S/c1-11(17(21)20-14-6-7-14)23-18(22)16-10-12-9-13(19(2,3)4)5-8-15(12)24-16/h10-11,13-14H,5-9H2,1-4H3,(H,20,21)/t11-,13-/m0/s1. The van der Waals surface area contributed by atoms with Crippen LogP contribution >= 0.6 is 11.3 Å². The summed E-state index contributed by atoms with van der Waals surface area (Å²) in [4.78, 5) is 26.2. The van der Waals surface area contributed by atoms with Gasteiger partial charge in [0.15, 0.2) is 6.10 Å². The molecule has 1 aromatic rings. The van der Waals surface area contributed by atoms with Crippen molar-refractivity contribution in [2.24, 2.45) is 11.3 Å². The van der Waals surface area contributed by atoms with E-state index in [9.17, 15) is 9.59 Å². The third kappa shape index (κ3) is 4.00. The van der Waals surface area contributed by atoms with Crippen LogP contribution in [0.3, 0.4) is 0 Å². The van der Waals surface area contributed by atoms with Gasteiger partial charge in [-0.3, -0.25) is 4.79 Å². The van der Waals surface area contributed by atoms with Gasteiger partial charge in [0.1, 0.15) is 4.88 Å². The lowest BCUT2D eigenvalue weighted by Gasteiger charge is -2.33. The summed E-state index contributed by atoms with van der Waals surface area (Å²) in [6.07, 6.45) is 4.55. The van der Waals surface area contributed by atoms with Crippen LogP contribution in [-0.2, 0) is 22.4 Å². The van der Waals surface area contributed by atoms with Gasteiger partial charge in [-0.1, -0.05) is 20.8 Å². The Morgan fingerprint density at radius 3 is 2.62 bits per heavy atom. The van der Waals surface area contributed by atoms with Crippen LogP contribution < -0.4 is 5.32 Å². The predicted octanol–water partition coefficient (Wildman–Crippen LogP) is 3.72. The second-order valence-electron chi connectivity index (χ2n) is 8.20. The monoisotopic (exact) mass is 349 g/mol. The number of hydrogen-bond acceptors (Lipinski definition) is 4. The highest BCUT2D eigenvalue weighted by Gasteiger charge is 2.31. The Balaban J connectivity index is 1.62. The van der Waals surface area contributed by atoms with E-state index in [2.05, 4.69) is 26.1 Å². The minimum Gasteiger partial charge on any atom is -0.448 e. The molecule has 1 N–H and O–H groups in total. The summed E-state index contributed by atoms with van der Waals surface area (Å²) in [5.41, 5.74) is 1.57. The molecule has 2 aliphatic carbocycles. The molecule has 2 aliphatic rings. The van der Waals surface area contributed by atoms with Gasteiger partial charge in [-0.25, -0.2) is 4.79 Å². The number of carbonyl (C=O) groups is 2. The van der Waals surface area contributed by atoms with Gasteiger partial charge in [-0.15, -0.1) is 11.3 Å². The summed E-state index contributed by atoms with van der Waals surface area (Å²) in [5, 5.41) is 2.87. The Bertz CT molecular complexity index is 640. The lowest BCUT2D eigenvalue weighted by molar-refractivity contribution is -0.129. The van der Waals surface area contributed by atoms with Crippen LogP contribution in [-0.4, -0.2) is 24.0 Å². The molecule has 1 saturated carbocycles. The Labute approximate surface area is 148 Å². The summed E-state index contributed by atoms with van der Waals surface area (Å²) in [6, 6.07) is 2.26. The van der Waals surface area contributed by atoms with Gasteiger partial charge >= 0.3 is 5.97 Å². The Kier molecular flexibility index (Phi) is 4.73. The largest absolute Gasteiger partial charge is 0.448 e. The maximum Gasteiger partial charge on any atom is 0.349 e. The number of carbonyl (C=O) groups excluding carboxylic acids is 2. The molecular formula is C19H27NO3S. The molecule has 4 nitrogen and oxygen atoms in total. The molecule has 0 aliphatic heterocycles. The Morgan fingerprint density at radius 2 is 2.00 bits per heavy atom. The summed E-state index contributed by atoms with van der Waals surface area (Å²) < 4.78 is 5.36. The fourth-order valence-electron chi connectivity index (χ4n) is 3.18. The summed E-state index contributed by atoms with van der Waals surface area (Å²) >= 11 is 1.53. The molecule has 1 fully saturated rings. The molecule has 2 atom stereocenters. The number of amides is 1. The maximum atomic E-state index is 12.4. The highest BCUT2D eigenvalue weighted by atomic mass is 32.1. The number of fused-ring (bicyclic) bond motifs is 1. The van der Waals surface area contributed by atoms with Gasteiger partial charge in [-0.05, 0) is 62.0 Å². The lowest BCUT2D eigenvalue weighted by atomic mass is 9.72. The van der Waals surface area contributed by atoms with E-state index in [1.165, 1.54) is 28.2 Å². The molecule has 24 heavy (non-hydrogen) atoms. The molecular weight excluding hydrogens is 322 g/mol. The fraction of sp³-hybridized carbons (Fsp3) is 0.684. The average molecular weight is 349 g/mol. The Morgan fingerprint density at radius 1 is 1.29 bits per heavy atom. The Hall–Kier alpha value is -1.36. The summed E-state index contributed by atoms with van der Waals surface area (Å²) in [6.45, 7) is 8.48.